The molecule has 0 bridgehead atoms. The number of anilines is 1. The minimum absolute atomic E-state index is 0. The summed E-state index contributed by atoms with van der Waals surface area (Å²) in [6, 6.07) is 24.7. The fourth-order valence-electron chi connectivity index (χ4n) is 4.33. The number of nitrogens with zero attached hydrogens (tertiary/aromatic N) is 1. The molecule has 5 rings (SSSR count). The van der Waals surface area contributed by atoms with Gasteiger partial charge in [0, 0.05) is 5.92 Å². The summed E-state index contributed by atoms with van der Waals surface area (Å²) >= 11 is 1.66. The van der Waals surface area contributed by atoms with Gasteiger partial charge in [-0.1, -0.05) is 86.6 Å². The van der Waals surface area contributed by atoms with Gasteiger partial charge in [-0.15, -0.1) is 6.54 Å². The third-order valence-corrected chi connectivity index (χ3v) is 7.02. The zero-order valence-corrected chi connectivity index (χ0v) is 20.5. The number of nitrogens with one attached hydrogen (secondary N) is 1. The van der Waals surface area contributed by atoms with Crippen molar-refractivity contribution in [3.63, 3.8) is 0 Å². The number of benzene rings is 3. The molecule has 4 nitrogen and oxygen atoms in total. The minimum Gasteiger partial charge on any atom is -0.438 e. The number of aromatic nitrogens is 1. The Balaban J connectivity index is 0.00000274. The molecule has 6 heteroatoms. The second-order valence-corrected chi connectivity index (χ2v) is 9.54. The monoisotopic (exact) mass is 460 g/mol. The second kappa shape index (κ2) is 10.2. The Bertz CT molecular complexity index is 1410. The molecule has 34 heavy (non-hydrogen) atoms. The molecule has 1 amide bonds. The van der Waals surface area contributed by atoms with Gasteiger partial charge in [0.1, 0.15) is 0 Å². The number of fused-ring (bicyclic) bond motifs is 2. The molecule has 1 aliphatic rings. The molecule has 2 heterocycles. The molecule has 0 fully saturated rings. The average Bonchev–Trinajstić information content (AvgIpc) is 3.32. The summed E-state index contributed by atoms with van der Waals surface area (Å²) in [6.45, 7) is 5.58. The third kappa shape index (κ3) is 4.44. The molecule has 0 saturated heterocycles. The van der Waals surface area contributed by atoms with E-state index in [0.29, 0.717) is 12.1 Å². The molecule has 1 aliphatic heterocycles. The fourth-order valence-corrected chi connectivity index (χ4v) is 5.39. The molecular formula is C28H25LiN2O2S. The average molecular weight is 461 g/mol. The Labute approximate surface area is 215 Å². The maximum Gasteiger partial charge on any atom is 1.00 e. The summed E-state index contributed by atoms with van der Waals surface area (Å²) < 4.78 is 1.70. The Morgan fingerprint density at radius 2 is 1.74 bits per heavy atom. The van der Waals surface area contributed by atoms with E-state index in [9.17, 15) is 9.59 Å². The van der Waals surface area contributed by atoms with Crippen LogP contribution in [-0.4, -0.2) is 16.2 Å². The van der Waals surface area contributed by atoms with Crippen molar-refractivity contribution in [2.24, 2.45) is 5.92 Å². The van der Waals surface area contributed by atoms with Gasteiger partial charge in [-0.3, -0.25) is 4.79 Å². The number of pyridine rings is 1. The van der Waals surface area contributed by atoms with Gasteiger partial charge in [0.2, 0.25) is 5.91 Å². The molecule has 0 aliphatic carbocycles. The summed E-state index contributed by atoms with van der Waals surface area (Å²) in [5, 5.41) is 6.23. The van der Waals surface area contributed by atoms with E-state index in [1.54, 1.807) is 16.3 Å². The number of amides is 1. The van der Waals surface area contributed by atoms with Gasteiger partial charge in [-0.2, -0.15) is 11.8 Å². The van der Waals surface area contributed by atoms with Crippen molar-refractivity contribution in [2.75, 3.05) is 11.1 Å². The molecule has 0 unspecified atom stereocenters. The van der Waals surface area contributed by atoms with Crippen LogP contribution in [0.4, 0.5) is 5.69 Å². The molecule has 1 N–H and O–H groups in total. The van der Waals surface area contributed by atoms with Crippen molar-refractivity contribution in [1.82, 2.24) is 4.57 Å². The summed E-state index contributed by atoms with van der Waals surface area (Å²) in [7, 11) is 0. The Hall–Kier alpha value is -2.84. The number of thioether (sulfide) groups is 1. The van der Waals surface area contributed by atoms with E-state index in [-0.39, 0.29) is 36.2 Å². The van der Waals surface area contributed by atoms with Crippen LogP contribution in [-0.2, 0) is 11.2 Å². The number of rotatable bonds is 5. The van der Waals surface area contributed by atoms with Gasteiger partial charge in [-0.05, 0) is 50.2 Å². The smallest absolute Gasteiger partial charge is 0.438 e. The van der Waals surface area contributed by atoms with E-state index in [1.807, 2.05) is 50.7 Å². The van der Waals surface area contributed by atoms with Crippen LogP contribution in [0.5, 0.6) is 0 Å². The fraction of sp³-hybridized carbons (Fsp3) is 0.179. The van der Waals surface area contributed by atoms with Crippen molar-refractivity contribution >= 4 is 34.1 Å². The zero-order chi connectivity index (χ0) is 22.9. The van der Waals surface area contributed by atoms with Crippen LogP contribution in [0.1, 0.15) is 25.0 Å². The van der Waals surface area contributed by atoms with Gasteiger partial charge >= 0.3 is 18.9 Å². The zero-order valence-electron chi connectivity index (χ0n) is 19.7. The molecule has 3 aromatic carbocycles. The molecule has 1 aromatic heterocycles. The predicted molar refractivity (Wildman–Crippen MR) is 137 cm³/mol. The van der Waals surface area contributed by atoms with Gasteiger partial charge in [0.25, 0.3) is 0 Å². The number of carbonyl (C=O) groups is 1. The molecule has 0 spiro atoms. The van der Waals surface area contributed by atoms with E-state index in [1.165, 1.54) is 0 Å². The van der Waals surface area contributed by atoms with E-state index in [2.05, 4.69) is 47.8 Å². The van der Waals surface area contributed by atoms with Gasteiger partial charge in [-0.25, -0.2) is 0 Å². The molecule has 0 atom stereocenters. The van der Waals surface area contributed by atoms with Crippen LogP contribution >= 0.6 is 11.8 Å². The SMILES string of the molecule is CC(C)C(=O)Nc1c(Cc2cccc3ccccc23)c(-c2ccccc2)c2n(c1=O)[CH-]CS2.[Li+]. The van der Waals surface area contributed by atoms with E-state index in [4.69, 9.17) is 0 Å². The van der Waals surface area contributed by atoms with E-state index < -0.39 is 0 Å². The Morgan fingerprint density at radius 1 is 1.03 bits per heavy atom. The molecule has 0 radical (unpaired) electrons. The maximum absolute atomic E-state index is 13.6. The van der Waals surface area contributed by atoms with Crippen molar-refractivity contribution in [3.8, 4) is 11.1 Å². The quantitative estimate of drug-likeness (QED) is 0.368. The van der Waals surface area contributed by atoms with Crippen LogP contribution in [0.15, 0.2) is 82.6 Å². The van der Waals surface area contributed by atoms with Crippen molar-refractivity contribution in [3.05, 3.63) is 101 Å². The first-order valence-electron chi connectivity index (χ1n) is 11.1. The number of hydrogen-bond acceptors (Lipinski definition) is 3. The van der Waals surface area contributed by atoms with Crippen molar-refractivity contribution in [1.29, 1.82) is 0 Å². The summed E-state index contributed by atoms with van der Waals surface area (Å²) in [6.07, 6.45) is 0.545. The van der Waals surface area contributed by atoms with E-state index in [0.717, 1.165) is 43.8 Å². The topological polar surface area (TPSA) is 51.1 Å². The van der Waals surface area contributed by atoms with Gasteiger partial charge in [0.15, 0.2) is 5.56 Å². The Morgan fingerprint density at radius 3 is 2.50 bits per heavy atom. The van der Waals surface area contributed by atoms with Crippen LogP contribution < -0.4 is 29.7 Å². The van der Waals surface area contributed by atoms with Crippen LogP contribution in [0.3, 0.4) is 0 Å². The molecular weight excluding hydrogens is 435 g/mol. The first kappa shape index (κ1) is 24.3. The molecule has 0 saturated carbocycles. The minimum atomic E-state index is -0.230. The standard InChI is InChI=1S/C28H25N2O2S.Li/c1-18(2)26(31)29-25-23(17-21-13-8-12-19-9-6-7-14-22(19)21)24(20-10-4-3-5-11-20)28-30(27(25)32)15-16-33-28;/h3-15,18H,16-17H2,1-2H3,(H,29,31);/q-1;+1. The number of carbonyl (C=O) groups excluding carboxylic acids is 1. The summed E-state index contributed by atoms with van der Waals surface area (Å²) in [5.41, 5.74) is 4.26. The van der Waals surface area contributed by atoms with Crippen LogP contribution in [0, 0.1) is 12.5 Å². The van der Waals surface area contributed by atoms with Gasteiger partial charge in [0.05, 0.1) is 5.69 Å². The van der Waals surface area contributed by atoms with Crippen molar-refractivity contribution in [2.45, 2.75) is 25.3 Å². The first-order chi connectivity index (χ1) is 16.0. The summed E-state index contributed by atoms with van der Waals surface area (Å²) in [4.78, 5) is 26.3. The van der Waals surface area contributed by atoms with Crippen molar-refractivity contribution < 1.29 is 23.7 Å². The number of hydrogen-bond donors (Lipinski definition) is 1. The second-order valence-electron chi connectivity index (χ2n) is 8.53. The van der Waals surface area contributed by atoms with E-state index >= 15 is 0 Å². The Kier molecular flexibility index (Phi) is 7.28. The first-order valence-corrected chi connectivity index (χ1v) is 12.1. The van der Waals surface area contributed by atoms with Crippen LogP contribution in [0.2, 0.25) is 0 Å². The molecule has 4 aromatic rings. The van der Waals surface area contributed by atoms with Crippen LogP contribution in [0.25, 0.3) is 21.9 Å². The third-order valence-electron chi connectivity index (χ3n) is 6.03. The maximum atomic E-state index is 13.6. The predicted octanol–water partition coefficient (Wildman–Crippen LogP) is 2.97. The molecule has 166 valence electrons. The summed E-state index contributed by atoms with van der Waals surface area (Å²) in [5.74, 6) is 0.341. The normalized spacial score (nSPS) is 12.2. The van der Waals surface area contributed by atoms with Gasteiger partial charge < -0.3 is 14.7 Å². The largest absolute Gasteiger partial charge is 1.00 e.